The van der Waals surface area contributed by atoms with Crippen molar-refractivity contribution in [1.29, 1.82) is 0 Å². The van der Waals surface area contributed by atoms with Crippen LogP contribution in [0.3, 0.4) is 0 Å². The molecule has 0 aromatic heterocycles. The summed E-state index contributed by atoms with van der Waals surface area (Å²) in [4.78, 5) is 28.5. The van der Waals surface area contributed by atoms with Gasteiger partial charge in [-0.3, -0.25) is 13.9 Å². The van der Waals surface area contributed by atoms with E-state index in [0.29, 0.717) is 27.8 Å². The Morgan fingerprint density at radius 1 is 0.952 bits per heavy atom. The Bertz CT molecular complexity index is 1530. The average molecular weight is 655 g/mol. The highest BCUT2D eigenvalue weighted by Crippen LogP contribution is 2.32. The van der Waals surface area contributed by atoms with Gasteiger partial charge in [-0.25, -0.2) is 8.42 Å². The number of hydrogen-bond donors (Lipinski definition) is 1. The van der Waals surface area contributed by atoms with Crippen molar-refractivity contribution >= 4 is 62.3 Å². The zero-order chi connectivity index (χ0) is 31.2. The molecule has 2 amide bonds. The highest BCUT2D eigenvalue weighted by molar-refractivity contribution is 7.92. The minimum atomic E-state index is -4.25. The van der Waals surface area contributed by atoms with Crippen molar-refractivity contribution in [3.63, 3.8) is 0 Å². The van der Waals surface area contributed by atoms with Crippen LogP contribution in [-0.4, -0.2) is 50.9 Å². The fourth-order valence-electron chi connectivity index (χ4n) is 4.06. The smallest absolute Gasteiger partial charge is 0.264 e. The second-order valence-electron chi connectivity index (χ2n) is 9.89. The van der Waals surface area contributed by atoms with Crippen molar-refractivity contribution < 1.29 is 22.7 Å². The van der Waals surface area contributed by atoms with Crippen LogP contribution >= 0.6 is 34.8 Å². The standard InChI is InChI=1S/C30H34Cl3N3O5S/c1-6-20(3)34-30(38)21(4)35(17-22-9-10-23(31)15-26(22)32)29(37)18-36(24-11-14-28(41-5)27(33)16-24)42(39,40)25-12-7-19(2)8-13-25/h7-16,20-21H,6,17-18H2,1-5H3,(H,34,38). The monoisotopic (exact) mass is 653 g/mol. The maximum atomic E-state index is 14.1. The first kappa shape index (κ1) is 33.5. The number of rotatable bonds is 12. The first-order valence-electron chi connectivity index (χ1n) is 13.2. The van der Waals surface area contributed by atoms with Gasteiger partial charge in [-0.2, -0.15) is 0 Å². The van der Waals surface area contributed by atoms with E-state index in [4.69, 9.17) is 39.5 Å². The summed E-state index contributed by atoms with van der Waals surface area (Å²) in [7, 11) is -2.81. The van der Waals surface area contributed by atoms with Crippen LogP contribution in [0.25, 0.3) is 0 Å². The Morgan fingerprint density at radius 2 is 1.62 bits per heavy atom. The van der Waals surface area contributed by atoms with E-state index in [2.05, 4.69) is 5.32 Å². The molecule has 226 valence electrons. The lowest BCUT2D eigenvalue weighted by molar-refractivity contribution is -0.139. The van der Waals surface area contributed by atoms with Gasteiger partial charge in [0.1, 0.15) is 18.3 Å². The molecule has 0 aliphatic rings. The molecule has 0 bridgehead atoms. The van der Waals surface area contributed by atoms with Gasteiger partial charge in [0.2, 0.25) is 11.8 Å². The van der Waals surface area contributed by atoms with Crippen molar-refractivity contribution in [1.82, 2.24) is 10.2 Å². The van der Waals surface area contributed by atoms with Crippen molar-refractivity contribution in [2.75, 3.05) is 18.0 Å². The number of sulfonamides is 1. The van der Waals surface area contributed by atoms with Gasteiger partial charge in [-0.15, -0.1) is 0 Å². The molecule has 0 spiro atoms. The molecular weight excluding hydrogens is 621 g/mol. The largest absolute Gasteiger partial charge is 0.495 e. The molecule has 12 heteroatoms. The van der Waals surface area contributed by atoms with E-state index in [0.717, 1.165) is 9.87 Å². The molecule has 0 saturated carbocycles. The topological polar surface area (TPSA) is 96.0 Å². The number of benzene rings is 3. The molecule has 3 aromatic rings. The molecule has 3 rings (SSSR count). The van der Waals surface area contributed by atoms with Crippen LogP contribution in [0, 0.1) is 6.92 Å². The molecule has 0 fully saturated rings. The van der Waals surface area contributed by atoms with E-state index in [1.807, 2.05) is 20.8 Å². The molecule has 3 aromatic carbocycles. The third-order valence-electron chi connectivity index (χ3n) is 6.84. The lowest BCUT2D eigenvalue weighted by Gasteiger charge is -2.32. The van der Waals surface area contributed by atoms with Crippen LogP contribution in [0.1, 0.15) is 38.3 Å². The summed E-state index contributed by atoms with van der Waals surface area (Å²) in [5, 5.41) is 3.77. The molecule has 0 aliphatic carbocycles. The Hall–Kier alpha value is -2.98. The van der Waals surface area contributed by atoms with Gasteiger partial charge in [-0.05, 0) is 75.2 Å². The number of ether oxygens (including phenoxy) is 1. The molecule has 1 N–H and O–H groups in total. The molecule has 2 unspecified atom stereocenters. The minimum absolute atomic E-state index is 0.0114. The first-order valence-corrected chi connectivity index (χ1v) is 15.8. The van der Waals surface area contributed by atoms with E-state index in [9.17, 15) is 18.0 Å². The molecule has 42 heavy (non-hydrogen) atoms. The van der Waals surface area contributed by atoms with Gasteiger partial charge >= 0.3 is 0 Å². The molecular formula is C30H34Cl3N3O5S. The van der Waals surface area contributed by atoms with Crippen LogP contribution in [0.15, 0.2) is 65.6 Å². The van der Waals surface area contributed by atoms with Gasteiger partial charge in [0.05, 0.1) is 22.7 Å². The molecule has 8 nitrogen and oxygen atoms in total. The number of halogens is 3. The number of anilines is 1. The molecule has 2 atom stereocenters. The fraction of sp³-hybridized carbons (Fsp3) is 0.333. The highest BCUT2D eigenvalue weighted by Gasteiger charge is 2.33. The third-order valence-corrected chi connectivity index (χ3v) is 9.51. The number of nitrogens with one attached hydrogen (secondary N) is 1. The van der Waals surface area contributed by atoms with Gasteiger partial charge in [-0.1, -0.05) is 65.5 Å². The van der Waals surface area contributed by atoms with Crippen molar-refractivity contribution in [3.05, 3.63) is 86.9 Å². The average Bonchev–Trinajstić information content (AvgIpc) is 2.95. The van der Waals surface area contributed by atoms with Gasteiger partial charge in [0.15, 0.2) is 0 Å². The highest BCUT2D eigenvalue weighted by atomic mass is 35.5. The number of carbonyl (C=O) groups excluding carboxylic acids is 2. The lowest BCUT2D eigenvalue weighted by atomic mass is 10.1. The third kappa shape index (κ3) is 8.10. The normalized spacial score (nSPS) is 12.8. The summed E-state index contributed by atoms with van der Waals surface area (Å²) in [6, 6.07) is 14.5. The Balaban J connectivity index is 2.08. The number of amides is 2. The SMILES string of the molecule is CCC(C)NC(=O)C(C)N(Cc1ccc(Cl)cc1Cl)C(=O)CN(c1ccc(OC)c(Cl)c1)S(=O)(=O)c1ccc(C)cc1. The van der Waals surface area contributed by atoms with E-state index in [1.165, 1.54) is 42.3 Å². The van der Waals surface area contributed by atoms with Crippen LogP contribution in [-0.2, 0) is 26.2 Å². The molecule has 0 saturated heterocycles. The van der Waals surface area contributed by atoms with Crippen LogP contribution in [0.5, 0.6) is 5.75 Å². The summed E-state index contributed by atoms with van der Waals surface area (Å²) in [5.41, 5.74) is 1.56. The first-order chi connectivity index (χ1) is 19.8. The summed E-state index contributed by atoms with van der Waals surface area (Å²) >= 11 is 18.9. The number of methoxy groups -OCH3 is 1. The minimum Gasteiger partial charge on any atom is -0.495 e. The number of nitrogens with zero attached hydrogens (tertiary/aromatic N) is 2. The van der Waals surface area contributed by atoms with Gasteiger partial charge in [0, 0.05) is 22.6 Å². The number of aryl methyl sites for hydroxylation is 1. The summed E-state index contributed by atoms with van der Waals surface area (Å²) in [6.45, 7) is 6.53. The van der Waals surface area contributed by atoms with Crippen LogP contribution in [0.2, 0.25) is 15.1 Å². The van der Waals surface area contributed by atoms with E-state index in [-0.39, 0.29) is 34.1 Å². The summed E-state index contributed by atoms with van der Waals surface area (Å²) in [6.07, 6.45) is 0.691. The van der Waals surface area contributed by atoms with Crippen molar-refractivity contribution in [2.24, 2.45) is 0 Å². The predicted molar refractivity (Wildman–Crippen MR) is 168 cm³/mol. The molecule has 0 aliphatic heterocycles. The van der Waals surface area contributed by atoms with Crippen molar-refractivity contribution in [2.45, 2.75) is 57.6 Å². The van der Waals surface area contributed by atoms with Crippen LogP contribution < -0.4 is 14.4 Å². The van der Waals surface area contributed by atoms with E-state index in [1.54, 1.807) is 37.3 Å². The second-order valence-corrected chi connectivity index (χ2v) is 13.0. The zero-order valence-electron chi connectivity index (χ0n) is 24.0. The molecule has 0 radical (unpaired) electrons. The molecule has 0 heterocycles. The quantitative estimate of drug-likeness (QED) is 0.241. The second kappa shape index (κ2) is 14.5. The van der Waals surface area contributed by atoms with E-state index >= 15 is 0 Å². The zero-order valence-corrected chi connectivity index (χ0v) is 27.1. The Kier molecular flexibility index (Phi) is 11.5. The van der Waals surface area contributed by atoms with E-state index < -0.39 is 28.5 Å². The Labute approximate surface area is 262 Å². The maximum Gasteiger partial charge on any atom is 0.264 e. The van der Waals surface area contributed by atoms with Gasteiger partial charge < -0.3 is 15.0 Å². The van der Waals surface area contributed by atoms with Gasteiger partial charge in [0.25, 0.3) is 10.0 Å². The van der Waals surface area contributed by atoms with Crippen LogP contribution in [0.4, 0.5) is 5.69 Å². The lowest BCUT2D eigenvalue weighted by Crippen LogP contribution is -2.52. The Morgan fingerprint density at radius 3 is 2.19 bits per heavy atom. The summed E-state index contributed by atoms with van der Waals surface area (Å²) in [5.74, 6) is -0.674. The number of carbonyl (C=O) groups is 2. The van der Waals surface area contributed by atoms with Crippen molar-refractivity contribution in [3.8, 4) is 5.75 Å². The summed E-state index contributed by atoms with van der Waals surface area (Å²) < 4.78 is 34.1. The maximum absolute atomic E-state index is 14.1. The number of hydrogen-bond acceptors (Lipinski definition) is 5. The fourth-order valence-corrected chi connectivity index (χ4v) is 6.18. The predicted octanol–water partition coefficient (Wildman–Crippen LogP) is 6.49.